The van der Waals surface area contributed by atoms with Gasteiger partial charge in [0.25, 0.3) is 0 Å². The normalized spacial score (nSPS) is 15.9. The van der Waals surface area contributed by atoms with Crippen molar-refractivity contribution in [2.24, 2.45) is 0 Å². The smallest absolute Gasteiger partial charge is 0.173 e. The van der Waals surface area contributed by atoms with Crippen molar-refractivity contribution in [3.63, 3.8) is 0 Å². The van der Waals surface area contributed by atoms with Crippen LogP contribution in [0.4, 0.5) is 5.69 Å². The summed E-state index contributed by atoms with van der Waals surface area (Å²) >= 11 is 0. The molecule has 4 rings (SSSR count). The summed E-state index contributed by atoms with van der Waals surface area (Å²) in [7, 11) is 0. The SMILES string of the molecule is CCC(C)(C)n1nnnc1[C@H](c1cccc(C#N)c1)N1CCN(c2cc(C)ccc2C)CC1. The van der Waals surface area contributed by atoms with Gasteiger partial charge >= 0.3 is 0 Å². The third-order valence-electron chi connectivity index (χ3n) is 6.89. The molecule has 1 atom stereocenters. The van der Waals surface area contributed by atoms with Gasteiger partial charge in [0.15, 0.2) is 5.82 Å². The van der Waals surface area contributed by atoms with Crippen LogP contribution in [0, 0.1) is 25.2 Å². The van der Waals surface area contributed by atoms with Crippen LogP contribution < -0.4 is 4.90 Å². The zero-order chi connectivity index (χ0) is 23.6. The van der Waals surface area contributed by atoms with Crippen LogP contribution in [-0.4, -0.2) is 51.3 Å². The monoisotopic (exact) mass is 443 g/mol. The standard InChI is InChI=1S/C26H33N7/c1-6-26(4,5)33-25(28-29-30-33)24(22-9-7-8-21(17-22)18-27)32-14-12-31(13-15-32)23-16-19(2)10-11-20(23)3/h7-11,16-17,24H,6,12-15H2,1-5H3/t24-/m0/s1. The Morgan fingerprint density at radius 3 is 2.52 bits per heavy atom. The summed E-state index contributed by atoms with van der Waals surface area (Å²) in [5, 5.41) is 22.4. The summed E-state index contributed by atoms with van der Waals surface area (Å²) in [6, 6.07) is 16.7. The predicted octanol–water partition coefficient (Wildman–Crippen LogP) is 4.22. The molecule has 0 radical (unpaired) electrons. The van der Waals surface area contributed by atoms with E-state index in [1.165, 1.54) is 16.8 Å². The zero-order valence-electron chi connectivity index (χ0n) is 20.3. The molecule has 0 unspecified atom stereocenters. The molecule has 1 fully saturated rings. The van der Waals surface area contributed by atoms with Crippen LogP contribution in [0.15, 0.2) is 42.5 Å². The molecule has 7 nitrogen and oxygen atoms in total. The molecule has 7 heteroatoms. The van der Waals surface area contributed by atoms with Crippen molar-refractivity contribution in [3.8, 4) is 6.07 Å². The van der Waals surface area contributed by atoms with E-state index < -0.39 is 0 Å². The first kappa shape index (κ1) is 22.9. The first-order valence-electron chi connectivity index (χ1n) is 11.7. The highest BCUT2D eigenvalue weighted by Gasteiger charge is 2.34. The van der Waals surface area contributed by atoms with Crippen LogP contribution in [0.1, 0.15) is 61.3 Å². The summed E-state index contributed by atoms with van der Waals surface area (Å²) in [6.07, 6.45) is 0.913. The summed E-state index contributed by atoms with van der Waals surface area (Å²) in [5.41, 5.74) is 5.41. The van der Waals surface area contributed by atoms with E-state index in [1.807, 2.05) is 22.9 Å². The number of tetrazole rings is 1. The van der Waals surface area contributed by atoms with Crippen LogP contribution in [0.25, 0.3) is 0 Å². The molecular formula is C26H33N7. The molecule has 3 aromatic rings. The third kappa shape index (κ3) is 4.62. The van der Waals surface area contributed by atoms with E-state index in [1.54, 1.807) is 0 Å². The molecule has 1 aliphatic heterocycles. The Kier molecular flexibility index (Phi) is 6.48. The second-order valence-corrected chi connectivity index (χ2v) is 9.57. The molecule has 0 aliphatic carbocycles. The van der Waals surface area contributed by atoms with Crippen molar-refractivity contribution in [1.29, 1.82) is 5.26 Å². The lowest BCUT2D eigenvalue weighted by atomic mass is 9.98. The lowest BCUT2D eigenvalue weighted by Gasteiger charge is -2.41. The number of benzene rings is 2. The van der Waals surface area contributed by atoms with E-state index in [0.717, 1.165) is 44.0 Å². The van der Waals surface area contributed by atoms with Gasteiger partial charge in [0.05, 0.1) is 23.2 Å². The van der Waals surface area contributed by atoms with Gasteiger partial charge in [-0.2, -0.15) is 5.26 Å². The van der Waals surface area contributed by atoms with Crippen LogP contribution in [0.5, 0.6) is 0 Å². The molecule has 1 saturated heterocycles. The van der Waals surface area contributed by atoms with Gasteiger partial charge in [-0.25, -0.2) is 4.68 Å². The Morgan fingerprint density at radius 1 is 1.06 bits per heavy atom. The topological polar surface area (TPSA) is 73.9 Å². The molecule has 33 heavy (non-hydrogen) atoms. The minimum absolute atomic E-state index is 0.111. The fourth-order valence-corrected chi connectivity index (χ4v) is 4.53. The number of piperazine rings is 1. The fourth-order valence-electron chi connectivity index (χ4n) is 4.53. The molecule has 0 N–H and O–H groups in total. The summed E-state index contributed by atoms with van der Waals surface area (Å²) < 4.78 is 1.97. The molecule has 0 bridgehead atoms. The summed E-state index contributed by atoms with van der Waals surface area (Å²) in [5.74, 6) is 0.831. The first-order valence-corrected chi connectivity index (χ1v) is 11.7. The fraction of sp³-hybridized carbons (Fsp3) is 0.462. The predicted molar refractivity (Wildman–Crippen MR) is 130 cm³/mol. The minimum Gasteiger partial charge on any atom is -0.369 e. The Balaban J connectivity index is 1.68. The number of aromatic nitrogens is 4. The van der Waals surface area contributed by atoms with Gasteiger partial charge < -0.3 is 4.90 Å². The van der Waals surface area contributed by atoms with Gasteiger partial charge in [-0.3, -0.25) is 4.90 Å². The molecule has 2 heterocycles. The van der Waals surface area contributed by atoms with Gasteiger partial charge in [0.1, 0.15) is 0 Å². The van der Waals surface area contributed by atoms with Gasteiger partial charge in [-0.1, -0.05) is 31.2 Å². The van der Waals surface area contributed by atoms with E-state index in [-0.39, 0.29) is 11.6 Å². The second kappa shape index (κ2) is 9.32. The van der Waals surface area contributed by atoms with Gasteiger partial charge in [0.2, 0.25) is 0 Å². The van der Waals surface area contributed by atoms with E-state index in [0.29, 0.717) is 5.56 Å². The molecule has 1 aromatic heterocycles. The minimum atomic E-state index is -0.204. The average molecular weight is 444 g/mol. The molecule has 2 aromatic carbocycles. The Labute approximate surface area is 196 Å². The van der Waals surface area contributed by atoms with Crippen LogP contribution in [0.3, 0.4) is 0 Å². The quantitative estimate of drug-likeness (QED) is 0.568. The number of aryl methyl sites for hydroxylation is 2. The highest BCUT2D eigenvalue weighted by atomic mass is 15.6. The van der Waals surface area contributed by atoms with Gasteiger partial charge in [-0.15, -0.1) is 5.10 Å². The zero-order valence-corrected chi connectivity index (χ0v) is 20.3. The van der Waals surface area contributed by atoms with Crippen molar-refractivity contribution in [2.45, 2.75) is 52.6 Å². The molecule has 172 valence electrons. The van der Waals surface area contributed by atoms with Crippen molar-refractivity contribution in [1.82, 2.24) is 25.1 Å². The van der Waals surface area contributed by atoms with E-state index in [4.69, 9.17) is 0 Å². The molecular weight excluding hydrogens is 410 g/mol. The summed E-state index contributed by atoms with van der Waals surface area (Å²) in [6.45, 7) is 14.4. The number of hydrogen-bond donors (Lipinski definition) is 0. The van der Waals surface area contributed by atoms with E-state index >= 15 is 0 Å². The highest BCUT2D eigenvalue weighted by molar-refractivity contribution is 5.55. The Morgan fingerprint density at radius 2 is 1.82 bits per heavy atom. The van der Waals surface area contributed by atoms with Crippen LogP contribution in [0.2, 0.25) is 0 Å². The second-order valence-electron chi connectivity index (χ2n) is 9.57. The van der Waals surface area contributed by atoms with Crippen molar-refractivity contribution < 1.29 is 0 Å². The average Bonchev–Trinajstić information content (AvgIpc) is 3.32. The maximum atomic E-state index is 9.50. The van der Waals surface area contributed by atoms with Crippen molar-refractivity contribution >= 4 is 5.69 Å². The Hall–Kier alpha value is -3.24. The Bertz CT molecular complexity index is 1150. The largest absolute Gasteiger partial charge is 0.369 e. The highest BCUT2D eigenvalue weighted by Crippen LogP contribution is 2.33. The lowest BCUT2D eigenvalue weighted by Crippen LogP contribution is -2.49. The van der Waals surface area contributed by atoms with E-state index in [9.17, 15) is 5.26 Å². The van der Waals surface area contributed by atoms with Gasteiger partial charge in [-0.05, 0) is 79.4 Å². The van der Waals surface area contributed by atoms with Crippen LogP contribution in [-0.2, 0) is 5.54 Å². The lowest BCUT2D eigenvalue weighted by molar-refractivity contribution is 0.187. The maximum absolute atomic E-state index is 9.50. The third-order valence-corrected chi connectivity index (χ3v) is 6.89. The number of nitrogens with zero attached hydrogens (tertiary/aromatic N) is 7. The molecule has 1 aliphatic rings. The van der Waals surface area contributed by atoms with Gasteiger partial charge in [0, 0.05) is 31.9 Å². The number of nitriles is 1. The first-order chi connectivity index (χ1) is 15.8. The number of anilines is 1. The molecule has 0 saturated carbocycles. The molecule has 0 amide bonds. The van der Waals surface area contributed by atoms with Crippen molar-refractivity contribution in [3.05, 3.63) is 70.5 Å². The summed E-state index contributed by atoms with van der Waals surface area (Å²) in [4.78, 5) is 4.92. The van der Waals surface area contributed by atoms with Crippen LogP contribution >= 0.6 is 0 Å². The number of rotatable bonds is 6. The van der Waals surface area contributed by atoms with Crippen molar-refractivity contribution in [2.75, 3.05) is 31.1 Å². The number of hydrogen-bond acceptors (Lipinski definition) is 6. The van der Waals surface area contributed by atoms with E-state index in [2.05, 4.69) is 90.3 Å². The molecule has 0 spiro atoms. The maximum Gasteiger partial charge on any atom is 0.173 e.